The number of thioether (sulfide) groups is 1. The quantitative estimate of drug-likeness (QED) is 0.252. The maximum Gasteiger partial charge on any atom is 0.264 e. The molecule has 0 bridgehead atoms. The first-order valence-electron chi connectivity index (χ1n) is 10.6. The lowest BCUT2D eigenvalue weighted by atomic mass is 10.1. The fraction of sp³-hybridized carbons (Fsp3) is 0.200. The number of amides is 1. The predicted octanol–water partition coefficient (Wildman–Crippen LogP) is 4.54. The number of sulfonamides is 1. The van der Waals surface area contributed by atoms with Crippen molar-refractivity contribution >= 4 is 39.1 Å². The summed E-state index contributed by atoms with van der Waals surface area (Å²) in [6.07, 6.45) is 1.91. The Balaban J connectivity index is 1.88. The second-order valence-electron chi connectivity index (χ2n) is 7.21. The molecule has 3 aromatic carbocycles. The molecule has 0 aliphatic carbocycles. The van der Waals surface area contributed by atoms with Gasteiger partial charge in [0.2, 0.25) is 0 Å². The van der Waals surface area contributed by atoms with Crippen molar-refractivity contribution in [1.29, 1.82) is 0 Å². The standard InChI is InChI=1S/C25H27N3O4S2/c1-4-32-22-12-10-21(11-13-22)28(34(30,31)24-16-14-23(33-3)15-17-24)18-25(29)27-26-19(2)20-8-6-5-7-9-20/h5-17H,4,18H2,1-3H3,(H,27,29)/b26-19-. The maximum atomic E-state index is 13.5. The molecule has 3 rings (SSSR count). The van der Waals surface area contributed by atoms with Gasteiger partial charge in [0.25, 0.3) is 15.9 Å². The molecule has 34 heavy (non-hydrogen) atoms. The second kappa shape index (κ2) is 11.7. The summed E-state index contributed by atoms with van der Waals surface area (Å²) in [6, 6.07) is 22.5. The molecule has 0 saturated carbocycles. The zero-order valence-corrected chi connectivity index (χ0v) is 20.9. The minimum absolute atomic E-state index is 0.0935. The molecule has 0 aliphatic rings. The molecule has 0 aliphatic heterocycles. The van der Waals surface area contributed by atoms with E-state index in [-0.39, 0.29) is 4.90 Å². The van der Waals surface area contributed by atoms with Gasteiger partial charge in [-0.1, -0.05) is 30.3 Å². The molecule has 1 amide bonds. The van der Waals surface area contributed by atoms with Crippen molar-refractivity contribution < 1.29 is 17.9 Å². The molecular weight excluding hydrogens is 470 g/mol. The van der Waals surface area contributed by atoms with E-state index in [2.05, 4.69) is 10.5 Å². The van der Waals surface area contributed by atoms with Crippen molar-refractivity contribution in [2.75, 3.05) is 23.7 Å². The summed E-state index contributed by atoms with van der Waals surface area (Å²) in [5, 5.41) is 4.13. The highest BCUT2D eigenvalue weighted by atomic mass is 32.2. The Hall–Kier alpha value is -3.30. The zero-order chi connectivity index (χ0) is 24.6. The van der Waals surface area contributed by atoms with Gasteiger partial charge < -0.3 is 4.74 Å². The molecule has 178 valence electrons. The smallest absolute Gasteiger partial charge is 0.264 e. The van der Waals surface area contributed by atoms with Crippen LogP contribution in [0.4, 0.5) is 5.69 Å². The largest absolute Gasteiger partial charge is 0.494 e. The molecule has 9 heteroatoms. The highest BCUT2D eigenvalue weighted by molar-refractivity contribution is 7.98. The van der Waals surface area contributed by atoms with Crippen LogP contribution in [0.25, 0.3) is 0 Å². The van der Waals surface area contributed by atoms with Gasteiger partial charge in [-0.2, -0.15) is 5.10 Å². The fourth-order valence-corrected chi connectivity index (χ4v) is 4.95. The van der Waals surface area contributed by atoms with Crippen molar-refractivity contribution in [2.24, 2.45) is 5.10 Å². The number of hydrogen-bond acceptors (Lipinski definition) is 6. The molecule has 0 spiro atoms. The van der Waals surface area contributed by atoms with Crippen LogP contribution in [-0.4, -0.2) is 39.4 Å². The van der Waals surface area contributed by atoms with Crippen LogP contribution in [0.1, 0.15) is 19.4 Å². The van der Waals surface area contributed by atoms with Crippen LogP contribution < -0.4 is 14.5 Å². The van der Waals surface area contributed by atoms with Crippen molar-refractivity contribution in [2.45, 2.75) is 23.6 Å². The number of anilines is 1. The fourth-order valence-electron chi connectivity index (χ4n) is 3.12. The Morgan fingerprint density at radius 2 is 1.65 bits per heavy atom. The van der Waals surface area contributed by atoms with E-state index in [4.69, 9.17) is 4.74 Å². The molecule has 0 atom stereocenters. The summed E-state index contributed by atoms with van der Waals surface area (Å²) < 4.78 is 33.5. The lowest BCUT2D eigenvalue weighted by Crippen LogP contribution is -2.39. The molecule has 0 radical (unpaired) electrons. The lowest BCUT2D eigenvalue weighted by molar-refractivity contribution is -0.119. The average Bonchev–Trinajstić information content (AvgIpc) is 2.87. The van der Waals surface area contributed by atoms with Crippen molar-refractivity contribution in [3.05, 3.63) is 84.4 Å². The Kier molecular flexibility index (Phi) is 8.72. The van der Waals surface area contributed by atoms with Gasteiger partial charge in [0, 0.05) is 4.90 Å². The monoisotopic (exact) mass is 497 g/mol. The van der Waals surface area contributed by atoms with E-state index in [0.29, 0.717) is 23.8 Å². The summed E-state index contributed by atoms with van der Waals surface area (Å²) in [6.45, 7) is 3.69. The van der Waals surface area contributed by atoms with Gasteiger partial charge in [-0.25, -0.2) is 13.8 Å². The summed E-state index contributed by atoms with van der Waals surface area (Å²) in [5.41, 5.74) is 4.28. The van der Waals surface area contributed by atoms with E-state index in [0.717, 1.165) is 14.8 Å². The van der Waals surface area contributed by atoms with E-state index in [1.165, 1.54) is 11.8 Å². The van der Waals surface area contributed by atoms with Crippen molar-refractivity contribution in [3.8, 4) is 5.75 Å². The summed E-state index contributed by atoms with van der Waals surface area (Å²) in [4.78, 5) is 13.8. The van der Waals surface area contributed by atoms with Gasteiger partial charge in [-0.15, -0.1) is 11.8 Å². The molecule has 7 nitrogen and oxygen atoms in total. The van der Waals surface area contributed by atoms with Gasteiger partial charge in [-0.3, -0.25) is 9.10 Å². The number of hydrazone groups is 1. The number of nitrogens with one attached hydrogen (secondary N) is 1. The third-order valence-electron chi connectivity index (χ3n) is 4.91. The molecule has 0 fully saturated rings. The highest BCUT2D eigenvalue weighted by Gasteiger charge is 2.27. The maximum absolute atomic E-state index is 13.5. The van der Waals surface area contributed by atoms with E-state index < -0.39 is 22.5 Å². The summed E-state index contributed by atoms with van der Waals surface area (Å²) >= 11 is 1.52. The van der Waals surface area contributed by atoms with Crippen LogP contribution in [0.3, 0.4) is 0 Å². The third kappa shape index (κ3) is 6.39. The molecule has 0 heterocycles. The number of nitrogens with zero attached hydrogens (tertiary/aromatic N) is 2. The molecule has 1 N–H and O–H groups in total. The average molecular weight is 498 g/mol. The Labute approximate surface area is 204 Å². The number of carbonyl (C=O) groups excluding carboxylic acids is 1. The van der Waals surface area contributed by atoms with Crippen molar-refractivity contribution in [1.82, 2.24) is 5.43 Å². The minimum Gasteiger partial charge on any atom is -0.494 e. The van der Waals surface area contributed by atoms with E-state index >= 15 is 0 Å². The molecule has 3 aromatic rings. The van der Waals surface area contributed by atoms with Crippen molar-refractivity contribution in [3.63, 3.8) is 0 Å². The molecule has 0 aromatic heterocycles. The summed E-state index contributed by atoms with van der Waals surface area (Å²) in [7, 11) is -4.02. The first-order chi connectivity index (χ1) is 16.3. The number of benzene rings is 3. The number of rotatable bonds is 10. The van der Waals surface area contributed by atoms with Crippen LogP contribution in [0.15, 0.2) is 93.8 Å². The summed E-state index contributed by atoms with van der Waals surface area (Å²) in [5.74, 6) is 0.0499. The Morgan fingerprint density at radius 3 is 2.24 bits per heavy atom. The van der Waals surface area contributed by atoms with Gasteiger partial charge >= 0.3 is 0 Å². The zero-order valence-electron chi connectivity index (χ0n) is 19.3. The van der Waals surface area contributed by atoms with Gasteiger partial charge in [0.15, 0.2) is 0 Å². The lowest BCUT2D eigenvalue weighted by Gasteiger charge is -2.24. The number of ether oxygens (including phenoxy) is 1. The molecule has 0 unspecified atom stereocenters. The molecular formula is C25H27N3O4S2. The predicted molar refractivity (Wildman–Crippen MR) is 137 cm³/mol. The van der Waals surface area contributed by atoms with Gasteiger partial charge in [0.05, 0.1) is 22.9 Å². The highest BCUT2D eigenvalue weighted by Crippen LogP contribution is 2.27. The van der Waals surface area contributed by atoms with E-state index in [1.807, 2.05) is 43.5 Å². The molecule has 0 saturated heterocycles. The van der Waals surface area contributed by atoms with Crippen LogP contribution in [0.2, 0.25) is 0 Å². The second-order valence-corrected chi connectivity index (χ2v) is 9.95. The third-order valence-corrected chi connectivity index (χ3v) is 7.44. The Morgan fingerprint density at radius 1 is 1.00 bits per heavy atom. The first-order valence-corrected chi connectivity index (χ1v) is 13.3. The van der Waals surface area contributed by atoms with Gasteiger partial charge in [-0.05, 0) is 74.2 Å². The normalized spacial score (nSPS) is 11.7. The van der Waals surface area contributed by atoms with Crippen LogP contribution in [0.5, 0.6) is 5.75 Å². The minimum atomic E-state index is -4.02. The topological polar surface area (TPSA) is 88.1 Å². The van der Waals surface area contributed by atoms with E-state index in [9.17, 15) is 13.2 Å². The van der Waals surface area contributed by atoms with Crippen LogP contribution in [0, 0.1) is 0 Å². The van der Waals surface area contributed by atoms with Crippen LogP contribution >= 0.6 is 11.8 Å². The van der Waals surface area contributed by atoms with Gasteiger partial charge in [0.1, 0.15) is 12.3 Å². The number of carbonyl (C=O) groups is 1. The Bertz CT molecular complexity index is 1230. The first kappa shape index (κ1) is 25.3. The van der Waals surface area contributed by atoms with Crippen LogP contribution in [-0.2, 0) is 14.8 Å². The van der Waals surface area contributed by atoms with E-state index in [1.54, 1.807) is 55.5 Å². The SMILES string of the molecule is CCOc1ccc(N(CC(=O)N/N=C(/C)c2ccccc2)S(=O)(=O)c2ccc(SC)cc2)cc1. The number of hydrogen-bond donors (Lipinski definition) is 1.